The molecule has 0 heterocycles. The molecule has 0 bridgehead atoms. The fraction of sp³-hybridized carbons (Fsp3) is 0.818. The summed E-state index contributed by atoms with van der Waals surface area (Å²) in [4.78, 5) is 45.7. The number of carboxylic acid groups (broad SMARTS) is 3. The Labute approximate surface area is 178 Å². The molecule has 174 valence electrons. The van der Waals surface area contributed by atoms with Crippen molar-refractivity contribution in [1.29, 1.82) is 0 Å². The molecule has 30 heavy (non-hydrogen) atoms. The van der Waals surface area contributed by atoms with Gasteiger partial charge in [0.1, 0.15) is 0 Å². The van der Waals surface area contributed by atoms with Crippen molar-refractivity contribution in [2.45, 2.75) is 109 Å². The molecule has 0 rings (SSSR count). The first kappa shape index (κ1) is 28.0. The molecule has 2 unspecified atom stereocenters. The average Bonchev–Trinajstić information content (AvgIpc) is 2.64. The molecule has 0 aliphatic carbocycles. The third-order valence-corrected chi connectivity index (χ3v) is 5.36. The predicted molar refractivity (Wildman–Crippen MR) is 111 cm³/mol. The third kappa shape index (κ3) is 11.3. The first-order valence-corrected chi connectivity index (χ1v) is 11.1. The Morgan fingerprint density at radius 2 is 1.10 bits per heavy atom. The first-order valence-electron chi connectivity index (χ1n) is 11.1. The number of aliphatic hydroxyl groups is 1. The molecule has 0 aliphatic rings. The highest BCUT2D eigenvalue weighted by Crippen LogP contribution is 2.26. The van der Waals surface area contributed by atoms with E-state index >= 15 is 0 Å². The molecule has 4 N–H and O–H groups in total. The minimum atomic E-state index is -3.16. The fourth-order valence-electron chi connectivity index (χ4n) is 3.60. The molecule has 8 nitrogen and oxygen atoms in total. The Morgan fingerprint density at radius 1 is 0.700 bits per heavy atom. The van der Waals surface area contributed by atoms with E-state index in [0.717, 1.165) is 19.3 Å². The number of carbonyl (C=O) groups excluding carboxylic acids is 1. The molecule has 8 heteroatoms. The highest BCUT2D eigenvalue weighted by atomic mass is 16.4. The highest BCUT2D eigenvalue weighted by molar-refractivity contribution is 6.05. The minimum Gasteiger partial charge on any atom is -0.481 e. The summed E-state index contributed by atoms with van der Waals surface area (Å²) in [5.41, 5.74) is -3.16. The van der Waals surface area contributed by atoms with Crippen LogP contribution in [-0.4, -0.2) is 49.7 Å². The summed E-state index contributed by atoms with van der Waals surface area (Å²) in [6, 6.07) is 0. The van der Waals surface area contributed by atoms with Crippen LogP contribution in [0.3, 0.4) is 0 Å². The van der Waals surface area contributed by atoms with Crippen LogP contribution >= 0.6 is 0 Å². The van der Waals surface area contributed by atoms with Crippen molar-refractivity contribution in [2.75, 3.05) is 0 Å². The van der Waals surface area contributed by atoms with Gasteiger partial charge in [-0.2, -0.15) is 0 Å². The second-order valence-electron chi connectivity index (χ2n) is 8.03. The second-order valence-corrected chi connectivity index (χ2v) is 8.03. The van der Waals surface area contributed by atoms with E-state index in [-0.39, 0.29) is 6.42 Å². The van der Waals surface area contributed by atoms with Gasteiger partial charge >= 0.3 is 17.9 Å². The van der Waals surface area contributed by atoms with Gasteiger partial charge in [0.05, 0.1) is 6.42 Å². The number of carbonyl (C=O) groups is 4. The van der Waals surface area contributed by atoms with Crippen LogP contribution in [0.4, 0.5) is 0 Å². The molecular weight excluding hydrogens is 392 g/mol. The topological polar surface area (TPSA) is 149 Å². The van der Waals surface area contributed by atoms with Crippen molar-refractivity contribution >= 4 is 23.7 Å². The van der Waals surface area contributed by atoms with Crippen LogP contribution in [0.1, 0.15) is 103 Å². The predicted octanol–water partition coefficient (Wildman–Crippen LogP) is 4.03. The van der Waals surface area contributed by atoms with Crippen LogP contribution in [0, 0.1) is 5.92 Å². The van der Waals surface area contributed by atoms with Crippen molar-refractivity contribution in [1.82, 2.24) is 0 Å². The smallest absolute Gasteiger partial charge is 0.337 e. The Balaban J connectivity index is 4.14. The average molecular weight is 431 g/mol. The van der Waals surface area contributed by atoms with Gasteiger partial charge in [-0.1, -0.05) is 84.0 Å². The minimum absolute atomic E-state index is 0.204. The number of hydrogen-bond donors (Lipinski definition) is 4. The molecule has 0 radical (unpaired) electrons. The zero-order valence-electron chi connectivity index (χ0n) is 18.1. The number of hydrogen-bond acceptors (Lipinski definition) is 5. The molecule has 0 aromatic rings. The maximum Gasteiger partial charge on any atom is 0.337 e. The Kier molecular flexibility index (Phi) is 14.8. The van der Waals surface area contributed by atoms with Gasteiger partial charge in [0, 0.05) is 6.42 Å². The van der Waals surface area contributed by atoms with Crippen LogP contribution in [0.5, 0.6) is 0 Å². The molecule has 0 spiro atoms. The summed E-state index contributed by atoms with van der Waals surface area (Å²) in [7, 11) is 0. The highest BCUT2D eigenvalue weighted by Gasteiger charge is 2.53. The van der Waals surface area contributed by atoms with Crippen LogP contribution in [0.15, 0.2) is 0 Å². The lowest BCUT2D eigenvalue weighted by molar-refractivity contribution is -0.181. The van der Waals surface area contributed by atoms with E-state index in [4.69, 9.17) is 10.2 Å². The van der Waals surface area contributed by atoms with E-state index in [2.05, 4.69) is 6.92 Å². The lowest BCUT2D eigenvalue weighted by Gasteiger charge is -2.27. The zero-order valence-corrected chi connectivity index (χ0v) is 18.1. The molecule has 0 aliphatic heterocycles. The lowest BCUT2D eigenvalue weighted by atomic mass is 9.80. The van der Waals surface area contributed by atoms with Gasteiger partial charge in [-0.15, -0.1) is 0 Å². The number of Topliss-reactive ketones (excluding diaryl/α,β-unsaturated/α-hetero) is 1. The molecule has 0 amide bonds. The van der Waals surface area contributed by atoms with Gasteiger partial charge in [-0.05, 0) is 6.42 Å². The molecule has 0 aromatic heterocycles. The maximum absolute atomic E-state index is 12.2. The number of unbranched alkanes of at least 4 members (excludes halogenated alkanes) is 12. The van der Waals surface area contributed by atoms with Gasteiger partial charge in [-0.3, -0.25) is 14.4 Å². The van der Waals surface area contributed by atoms with Crippen molar-refractivity contribution in [3.63, 3.8) is 0 Å². The lowest BCUT2D eigenvalue weighted by Crippen LogP contribution is -2.53. The Hall–Kier alpha value is -1.96. The SMILES string of the molecule is CCCCCCCCCCCCCCCC(=O)C(C(=O)O)C(O)(CC(=O)O)C(=O)O. The normalized spacial score (nSPS) is 14.1. The maximum atomic E-state index is 12.2. The number of carboxylic acids is 3. The molecule has 0 fully saturated rings. The quantitative estimate of drug-likeness (QED) is 0.167. The van der Waals surface area contributed by atoms with E-state index < -0.39 is 41.6 Å². The molecule has 2 atom stereocenters. The first-order chi connectivity index (χ1) is 14.2. The largest absolute Gasteiger partial charge is 0.481 e. The molecule has 0 saturated heterocycles. The van der Waals surface area contributed by atoms with Gasteiger partial charge in [0.25, 0.3) is 0 Å². The van der Waals surface area contributed by atoms with Gasteiger partial charge in [0.2, 0.25) is 0 Å². The fourth-order valence-corrected chi connectivity index (χ4v) is 3.60. The summed E-state index contributed by atoms with van der Waals surface area (Å²) in [5, 5.41) is 37.2. The standard InChI is InChI=1S/C22H38O8/c1-2-3-4-5-6-7-8-9-10-11-12-13-14-15-17(23)19(20(26)27)22(30,21(28)29)16-18(24)25/h19,30H,2-16H2,1H3,(H,24,25)(H,26,27)(H,28,29). The molecular formula is C22H38O8. The van der Waals surface area contributed by atoms with Crippen molar-refractivity contribution < 1.29 is 39.6 Å². The molecule has 0 saturated carbocycles. The number of rotatable bonds is 20. The van der Waals surface area contributed by atoms with Crippen LogP contribution in [-0.2, 0) is 19.2 Å². The van der Waals surface area contributed by atoms with Gasteiger partial charge in [0.15, 0.2) is 17.3 Å². The number of ketones is 1. The summed E-state index contributed by atoms with van der Waals surface area (Å²) in [6.45, 7) is 2.20. The Morgan fingerprint density at radius 3 is 1.43 bits per heavy atom. The van der Waals surface area contributed by atoms with Crippen molar-refractivity contribution in [2.24, 2.45) is 5.92 Å². The van der Waals surface area contributed by atoms with Gasteiger partial charge in [-0.25, -0.2) is 4.79 Å². The van der Waals surface area contributed by atoms with E-state index in [0.29, 0.717) is 12.8 Å². The Bertz CT molecular complexity index is 545. The number of aliphatic carboxylic acids is 3. The second kappa shape index (κ2) is 15.8. The van der Waals surface area contributed by atoms with Crippen LogP contribution < -0.4 is 0 Å². The summed E-state index contributed by atoms with van der Waals surface area (Å²) < 4.78 is 0. The van der Waals surface area contributed by atoms with Crippen LogP contribution in [0.2, 0.25) is 0 Å². The third-order valence-electron chi connectivity index (χ3n) is 5.36. The zero-order chi connectivity index (χ0) is 23.0. The van der Waals surface area contributed by atoms with Crippen molar-refractivity contribution in [3.05, 3.63) is 0 Å². The van der Waals surface area contributed by atoms with E-state index in [1.807, 2.05) is 0 Å². The van der Waals surface area contributed by atoms with Crippen molar-refractivity contribution in [3.8, 4) is 0 Å². The van der Waals surface area contributed by atoms with E-state index in [1.54, 1.807) is 0 Å². The van der Waals surface area contributed by atoms with E-state index in [1.165, 1.54) is 51.4 Å². The van der Waals surface area contributed by atoms with Crippen LogP contribution in [0.25, 0.3) is 0 Å². The monoisotopic (exact) mass is 430 g/mol. The van der Waals surface area contributed by atoms with Gasteiger partial charge < -0.3 is 20.4 Å². The van der Waals surface area contributed by atoms with E-state index in [9.17, 15) is 29.4 Å². The summed E-state index contributed by atoms with van der Waals surface area (Å²) in [5.74, 6) is -8.82. The summed E-state index contributed by atoms with van der Waals surface area (Å²) >= 11 is 0. The molecule has 0 aromatic carbocycles. The summed E-state index contributed by atoms with van der Waals surface area (Å²) in [6.07, 6.45) is 12.7.